The number of hydrogen-bond donors (Lipinski definition) is 2. The van der Waals surface area contributed by atoms with Crippen molar-refractivity contribution in [2.45, 2.75) is 64.3 Å². The molecule has 0 bridgehead atoms. The van der Waals surface area contributed by atoms with Crippen LogP contribution in [0.4, 0.5) is 0 Å². The van der Waals surface area contributed by atoms with Crippen molar-refractivity contribution < 1.29 is 8.42 Å². The Kier molecular flexibility index (Phi) is 8.40. The van der Waals surface area contributed by atoms with Crippen LogP contribution in [0.5, 0.6) is 0 Å². The first-order chi connectivity index (χ1) is 14.9. The number of benzene rings is 1. The Labute approximate surface area is 185 Å². The monoisotopic (exact) mass is 445 g/mol. The molecule has 0 aliphatic carbocycles. The summed E-state index contributed by atoms with van der Waals surface area (Å²) in [6, 6.07) is 8.29. The van der Waals surface area contributed by atoms with Gasteiger partial charge in [-0.2, -0.15) is 0 Å². The minimum Gasteiger partial charge on any atom is -0.330 e. The number of pyridine rings is 1. The molecule has 31 heavy (non-hydrogen) atoms. The Bertz CT molecular complexity index is 1090. The molecule has 7 nitrogen and oxygen atoms in total. The highest BCUT2D eigenvalue weighted by Crippen LogP contribution is 2.30. The second-order valence-corrected chi connectivity index (χ2v) is 10.2. The van der Waals surface area contributed by atoms with Gasteiger partial charge in [-0.25, -0.2) is 18.1 Å². The average molecular weight is 446 g/mol. The van der Waals surface area contributed by atoms with Crippen molar-refractivity contribution in [3.8, 4) is 0 Å². The molecule has 1 atom stereocenters. The average Bonchev–Trinajstić information content (AvgIpc) is 3.15. The highest BCUT2D eigenvalue weighted by Gasteiger charge is 2.17. The SMILES string of the molecule is CC(CCN)c1nc2ccccc2c2c1ncn2CCCCCCCCNS(C)(=O)=O. The second-order valence-electron chi connectivity index (χ2n) is 8.42. The predicted octanol–water partition coefficient (Wildman–Crippen LogP) is 3.93. The van der Waals surface area contributed by atoms with E-state index >= 15 is 0 Å². The molecule has 0 saturated carbocycles. The summed E-state index contributed by atoms with van der Waals surface area (Å²) in [5, 5.41) is 1.15. The number of hydrogen-bond acceptors (Lipinski definition) is 5. The first-order valence-corrected chi connectivity index (χ1v) is 13.2. The van der Waals surface area contributed by atoms with Crippen molar-refractivity contribution in [3.05, 3.63) is 36.3 Å². The maximum absolute atomic E-state index is 11.1. The number of rotatable bonds is 13. The van der Waals surface area contributed by atoms with Crippen LogP contribution in [0.3, 0.4) is 0 Å². The lowest BCUT2D eigenvalue weighted by atomic mass is 10.0. The number of aryl methyl sites for hydroxylation is 1. The molecule has 170 valence electrons. The molecule has 8 heteroatoms. The molecule has 3 aromatic rings. The minimum absolute atomic E-state index is 0.276. The minimum atomic E-state index is -3.07. The number of sulfonamides is 1. The Morgan fingerprint density at radius 1 is 1.10 bits per heavy atom. The zero-order valence-electron chi connectivity index (χ0n) is 18.7. The van der Waals surface area contributed by atoms with Gasteiger partial charge in [0.1, 0.15) is 5.52 Å². The highest BCUT2D eigenvalue weighted by atomic mass is 32.2. The van der Waals surface area contributed by atoms with Crippen LogP contribution < -0.4 is 10.5 Å². The van der Waals surface area contributed by atoms with E-state index in [0.717, 1.165) is 73.6 Å². The van der Waals surface area contributed by atoms with Crippen molar-refractivity contribution in [2.24, 2.45) is 5.73 Å². The third-order valence-corrected chi connectivity index (χ3v) is 6.47. The Morgan fingerprint density at radius 2 is 1.81 bits per heavy atom. The Morgan fingerprint density at radius 3 is 2.55 bits per heavy atom. The topological polar surface area (TPSA) is 103 Å². The lowest BCUT2D eigenvalue weighted by molar-refractivity contribution is 0.550. The van der Waals surface area contributed by atoms with E-state index in [0.29, 0.717) is 13.1 Å². The van der Waals surface area contributed by atoms with Gasteiger partial charge in [0.05, 0.1) is 29.3 Å². The molecule has 2 heterocycles. The van der Waals surface area contributed by atoms with Crippen molar-refractivity contribution in [2.75, 3.05) is 19.3 Å². The van der Waals surface area contributed by atoms with Gasteiger partial charge in [0.25, 0.3) is 0 Å². The quantitative estimate of drug-likeness (QED) is 0.388. The first-order valence-electron chi connectivity index (χ1n) is 11.3. The van der Waals surface area contributed by atoms with E-state index in [1.807, 2.05) is 12.4 Å². The van der Waals surface area contributed by atoms with E-state index in [-0.39, 0.29) is 5.92 Å². The van der Waals surface area contributed by atoms with Crippen molar-refractivity contribution >= 4 is 32.0 Å². The molecule has 0 aliphatic heterocycles. The molecule has 3 rings (SSSR count). The van der Waals surface area contributed by atoms with Crippen LogP contribution in [0, 0.1) is 0 Å². The van der Waals surface area contributed by atoms with Gasteiger partial charge in [-0.05, 0) is 31.9 Å². The standard InChI is InChI=1S/C23H35N5O2S/c1-18(13-14-24)21-22-23(19-11-7-8-12-20(19)27-21)28(17-25-22)16-10-6-4-3-5-9-15-26-31(2,29)30/h7-8,11-12,17-18,26H,3-6,9-10,13-16,24H2,1-2H3. The smallest absolute Gasteiger partial charge is 0.208 e. The van der Waals surface area contributed by atoms with Gasteiger partial charge >= 0.3 is 0 Å². The van der Waals surface area contributed by atoms with Crippen LogP contribution in [-0.2, 0) is 16.6 Å². The zero-order valence-corrected chi connectivity index (χ0v) is 19.5. The van der Waals surface area contributed by atoms with Gasteiger partial charge in [0.2, 0.25) is 10.0 Å². The van der Waals surface area contributed by atoms with Gasteiger partial charge in [-0.3, -0.25) is 4.98 Å². The molecule has 3 N–H and O–H groups in total. The Balaban J connectivity index is 1.60. The molecular weight excluding hydrogens is 410 g/mol. The third kappa shape index (κ3) is 6.48. The molecular formula is C23H35N5O2S. The fraction of sp³-hybridized carbons (Fsp3) is 0.565. The van der Waals surface area contributed by atoms with Gasteiger partial charge in [-0.15, -0.1) is 0 Å². The molecule has 0 saturated heterocycles. The predicted molar refractivity (Wildman–Crippen MR) is 128 cm³/mol. The van der Waals surface area contributed by atoms with Crippen LogP contribution in [0.25, 0.3) is 21.9 Å². The fourth-order valence-corrected chi connectivity index (χ4v) is 4.59. The lowest BCUT2D eigenvalue weighted by Crippen LogP contribution is -2.22. The first kappa shape index (κ1) is 23.6. The summed E-state index contributed by atoms with van der Waals surface area (Å²) in [5.41, 5.74) is 10.0. The van der Waals surface area contributed by atoms with Crippen LogP contribution in [0.15, 0.2) is 30.6 Å². The number of nitrogens with two attached hydrogens (primary N) is 1. The van der Waals surface area contributed by atoms with Gasteiger partial charge < -0.3 is 10.3 Å². The van der Waals surface area contributed by atoms with Crippen LogP contribution >= 0.6 is 0 Å². The summed E-state index contributed by atoms with van der Waals surface area (Å²) in [4.78, 5) is 9.67. The molecule has 0 fully saturated rings. The summed E-state index contributed by atoms with van der Waals surface area (Å²) >= 11 is 0. The number of nitrogens with zero attached hydrogens (tertiary/aromatic N) is 3. The molecule has 1 unspecified atom stereocenters. The number of imidazole rings is 1. The third-order valence-electron chi connectivity index (χ3n) is 5.74. The van der Waals surface area contributed by atoms with E-state index in [9.17, 15) is 8.42 Å². The molecule has 0 spiro atoms. The maximum Gasteiger partial charge on any atom is 0.208 e. The van der Waals surface area contributed by atoms with Crippen molar-refractivity contribution in [1.29, 1.82) is 0 Å². The van der Waals surface area contributed by atoms with Crippen molar-refractivity contribution in [3.63, 3.8) is 0 Å². The second kappa shape index (κ2) is 11.0. The largest absolute Gasteiger partial charge is 0.330 e. The number of para-hydroxylation sites is 1. The van der Waals surface area contributed by atoms with E-state index in [2.05, 4.69) is 34.4 Å². The molecule has 1 aromatic carbocycles. The molecule has 0 amide bonds. The molecule has 2 aromatic heterocycles. The molecule has 0 radical (unpaired) electrons. The maximum atomic E-state index is 11.1. The van der Waals surface area contributed by atoms with E-state index in [1.54, 1.807) is 0 Å². The lowest BCUT2D eigenvalue weighted by Gasteiger charge is -2.13. The van der Waals surface area contributed by atoms with E-state index in [4.69, 9.17) is 15.7 Å². The summed E-state index contributed by atoms with van der Waals surface area (Å²) in [6.45, 7) is 4.28. The van der Waals surface area contributed by atoms with E-state index < -0.39 is 10.0 Å². The van der Waals surface area contributed by atoms with Crippen LogP contribution in [0.2, 0.25) is 0 Å². The number of nitrogens with one attached hydrogen (secondary N) is 1. The number of unbranched alkanes of at least 4 members (excludes halogenated alkanes) is 5. The summed E-state index contributed by atoms with van der Waals surface area (Å²) in [7, 11) is -3.07. The highest BCUT2D eigenvalue weighted by molar-refractivity contribution is 7.88. The van der Waals surface area contributed by atoms with Gasteiger partial charge in [0, 0.05) is 24.4 Å². The Hall–Kier alpha value is -2.03. The fourth-order valence-electron chi connectivity index (χ4n) is 4.08. The number of fused-ring (bicyclic) bond motifs is 3. The van der Waals surface area contributed by atoms with Crippen LogP contribution in [0.1, 0.15) is 63.5 Å². The van der Waals surface area contributed by atoms with Gasteiger partial charge in [-0.1, -0.05) is 50.8 Å². The van der Waals surface area contributed by atoms with Gasteiger partial charge in [0.15, 0.2) is 0 Å². The molecule has 0 aliphatic rings. The summed E-state index contributed by atoms with van der Waals surface area (Å²) < 4.78 is 26.9. The van der Waals surface area contributed by atoms with Crippen LogP contribution in [-0.4, -0.2) is 42.3 Å². The van der Waals surface area contributed by atoms with Crippen molar-refractivity contribution in [1.82, 2.24) is 19.3 Å². The van der Waals surface area contributed by atoms with E-state index in [1.165, 1.54) is 11.8 Å². The summed E-state index contributed by atoms with van der Waals surface area (Å²) in [5.74, 6) is 0.276. The summed E-state index contributed by atoms with van der Waals surface area (Å²) in [6.07, 6.45) is 10.5. The zero-order chi connectivity index (χ0) is 22.3. The normalized spacial score (nSPS) is 13.3. The number of aromatic nitrogens is 3.